The predicted octanol–water partition coefficient (Wildman–Crippen LogP) is 5.16. The SMILES string of the molecule is O=C1CCCC[C@@H]1[C@H](Nc1ccc([N+](=O)[O-])cc1)c1ccc(Cl)cc1. The van der Waals surface area contributed by atoms with Crippen LogP contribution in [0.4, 0.5) is 11.4 Å². The van der Waals surface area contributed by atoms with Gasteiger partial charge in [-0.2, -0.15) is 0 Å². The Morgan fingerprint density at radius 2 is 1.76 bits per heavy atom. The lowest BCUT2D eigenvalue weighted by molar-refractivity contribution is -0.384. The molecule has 1 fully saturated rings. The lowest BCUT2D eigenvalue weighted by atomic mass is 9.80. The number of carbonyl (C=O) groups is 1. The summed E-state index contributed by atoms with van der Waals surface area (Å²) >= 11 is 5.99. The van der Waals surface area contributed by atoms with Crippen molar-refractivity contribution in [2.75, 3.05) is 5.32 Å². The maximum atomic E-state index is 12.5. The van der Waals surface area contributed by atoms with Crippen molar-refractivity contribution in [3.63, 3.8) is 0 Å². The third-order valence-electron chi connectivity index (χ3n) is 4.63. The van der Waals surface area contributed by atoms with Crippen molar-refractivity contribution < 1.29 is 9.72 Å². The second-order valence-corrected chi connectivity index (χ2v) is 6.73. The fraction of sp³-hybridized carbons (Fsp3) is 0.316. The molecule has 2 atom stereocenters. The molecule has 2 aromatic rings. The summed E-state index contributed by atoms with van der Waals surface area (Å²) in [6.07, 6.45) is 3.42. The number of nitro groups is 1. The van der Waals surface area contributed by atoms with Crippen molar-refractivity contribution >= 4 is 28.8 Å². The van der Waals surface area contributed by atoms with Crippen LogP contribution in [0.3, 0.4) is 0 Å². The monoisotopic (exact) mass is 358 g/mol. The minimum absolute atomic E-state index is 0.0438. The highest BCUT2D eigenvalue weighted by Crippen LogP contribution is 2.35. The van der Waals surface area contributed by atoms with E-state index in [-0.39, 0.29) is 23.4 Å². The Balaban J connectivity index is 1.88. The van der Waals surface area contributed by atoms with Gasteiger partial charge in [0, 0.05) is 35.2 Å². The number of halogens is 1. The zero-order chi connectivity index (χ0) is 17.8. The number of carbonyl (C=O) groups excluding carboxylic acids is 1. The average Bonchev–Trinajstić information content (AvgIpc) is 2.62. The van der Waals surface area contributed by atoms with Gasteiger partial charge in [0.1, 0.15) is 5.78 Å². The molecule has 2 aromatic carbocycles. The van der Waals surface area contributed by atoms with E-state index >= 15 is 0 Å². The quantitative estimate of drug-likeness (QED) is 0.591. The molecule has 0 unspecified atom stereocenters. The molecule has 5 nitrogen and oxygen atoms in total. The zero-order valence-electron chi connectivity index (χ0n) is 13.7. The first-order valence-corrected chi connectivity index (χ1v) is 8.71. The zero-order valence-corrected chi connectivity index (χ0v) is 14.4. The summed E-state index contributed by atoms with van der Waals surface area (Å²) in [5.74, 6) is 0.158. The molecule has 0 aromatic heterocycles. The van der Waals surface area contributed by atoms with E-state index in [1.54, 1.807) is 12.1 Å². The second-order valence-electron chi connectivity index (χ2n) is 6.30. The van der Waals surface area contributed by atoms with Gasteiger partial charge in [-0.15, -0.1) is 0 Å². The lowest BCUT2D eigenvalue weighted by Gasteiger charge is -2.31. The van der Waals surface area contributed by atoms with Gasteiger partial charge < -0.3 is 5.32 Å². The average molecular weight is 359 g/mol. The van der Waals surface area contributed by atoms with Gasteiger partial charge in [0.2, 0.25) is 0 Å². The van der Waals surface area contributed by atoms with Crippen LogP contribution in [0.1, 0.15) is 37.3 Å². The van der Waals surface area contributed by atoms with E-state index < -0.39 is 4.92 Å². The Labute approximate surface area is 151 Å². The summed E-state index contributed by atoms with van der Waals surface area (Å²) < 4.78 is 0. The van der Waals surface area contributed by atoms with Crippen LogP contribution in [0.15, 0.2) is 48.5 Å². The van der Waals surface area contributed by atoms with Crippen LogP contribution in [0.25, 0.3) is 0 Å². The van der Waals surface area contributed by atoms with E-state index in [0.717, 1.165) is 30.5 Å². The summed E-state index contributed by atoms with van der Waals surface area (Å²) in [6.45, 7) is 0. The second kappa shape index (κ2) is 7.66. The highest BCUT2D eigenvalue weighted by Gasteiger charge is 2.31. The molecule has 0 saturated heterocycles. The van der Waals surface area contributed by atoms with Gasteiger partial charge in [-0.3, -0.25) is 14.9 Å². The number of Topliss-reactive ketones (excluding diaryl/α,β-unsaturated/α-hetero) is 1. The topological polar surface area (TPSA) is 72.2 Å². The molecule has 25 heavy (non-hydrogen) atoms. The van der Waals surface area contributed by atoms with Crippen LogP contribution >= 0.6 is 11.6 Å². The van der Waals surface area contributed by atoms with Gasteiger partial charge in [-0.05, 0) is 42.7 Å². The summed E-state index contributed by atoms with van der Waals surface area (Å²) in [5, 5.41) is 14.8. The number of hydrogen-bond acceptors (Lipinski definition) is 4. The van der Waals surface area contributed by atoms with E-state index in [0.29, 0.717) is 11.4 Å². The van der Waals surface area contributed by atoms with Crippen LogP contribution < -0.4 is 5.32 Å². The summed E-state index contributed by atoms with van der Waals surface area (Å²) in [6, 6.07) is 13.6. The summed E-state index contributed by atoms with van der Waals surface area (Å²) in [7, 11) is 0. The number of nitrogens with zero attached hydrogens (tertiary/aromatic N) is 1. The van der Waals surface area contributed by atoms with Gasteiger partial charge in [0.15, 0.2) is 0 Å². The number of anilines is 1. The molecule has 1 aliphatic rings. The molecule has 0 bridgehead atoms. The molecular weight excluding hydrogens is 340 g/mol. The standard InChI is InChI=1S/C19H19ClN2O3/c20-14-7-5-13(6-8-14)19(17-3-1-2-4-18(17)23)21-15-9-11-16(12-10-15)22(24)25/h5-12,17,19,21H,1-4H2/t17-,19+/m0/s1. The van der Waals surface area contributed by atoms with Crippen molar-refractivity contribution in [3.05, 3.63) is 69.2 Å². The molecule has 0 aliphatic heterocycles. The Hall–Kier alpha value is -2.40. The maximum absolute atomic E-state index is 12.5. The Kier molecular flexibility index (Phi) is 5.34. The Bertz CT molecular complexity index is 759. The van der Waals surface area contributed by atoms with Crippen LogP contribution in [0.2, 0.25) is 5.02 Å². The van der Waals surface area contributed by atoms with Crippen molar-refractivity contribution in [1.29, 1.82) is 0 Å². The molecule has 1 saturated carbocycles. The van der Waals surface area contributed by atoms with Gasteiger partial charge in [-0.1, -0.05) is 30.2 Å². The van der Waals surface area contributed by atoms with Gasteiger partial charge in [-0.25, -0.2) is 0 Å². The highest BCUT2D eigenvalue weighted by atomic mass is 35.5. The van der Waals surface area contributed by atoms with Crippen LogP contribution in [0.5, 0.6) is 0 Å². The van der Waals surface area contributed by atoms with E-state index in [9.17, 15) is 14.9 Å². The predicted molar refractivity (Wildman–Crippen MR) is 97.9 cm³/mol. The number of non-ortho nitro benzene ring substituents is 1. The lowest BCUT2D eigenvalue weighted by Crippen LogP contribution is -2.30. The third-order valence-corrected chi connectivity index (χ3v) is 4.89. The van der Waals surface area contributed by atoms with Crippen molar-refractivity contribution in [2.45, 2.75) is 31.7 Å². The normalized spacial score (nSPS) is 18.6. The van der Waals surface area contributed by atoms with Crippen molar-refractivity contribution in [3.8, 4) is 0 Å². The minimum atomic E-state index is -0.425. The number of hydrogen-bond donors (Lipinski definition) is 1. The van der Waals surface area contributed by atoms with Crippen molar-refractivity contribution in [1.82, 2.24) is 0 Å². The van der Waals surface area contributed by atoms with E-state index in [2.05, 4.69) is 5.32 Å². The molecule has 1 aliphatic carbocycles. The number of rotatable bonds is 5. The largest absolute Gasteiger partial charge is 0.377 e. The molecule has 0 amide bonds. The Morgan fingerprint density at radius 1 is 1.08 bits per heavy atom. The molecular formula is C19H19ClN2O3. The Morgan fingerprint density at radius 3 is 2.36 bits per heavy atom. The van der Waals surface area contributed by atoms with Gasteiger partial charge in [0.25, 0.3) is 5.69 Å². The molecule has 0 radical (unpaired) electrons. The number of ketones is 1. The molecule has 0 heterocycles. The van der Waals surface area contributed by atoms with E-state index in [4.69, 9.17) is 11.6 Å². The third kappa shape index (κ3) is 4.17. The van der Waals surface area contributed by atoms with Gasteiger partial charge >= 0.3 is 0 Å². The molecule has 130 valence electrons. The fourth-order valence-electron chi connectivity index (χ4n) is 3.31. The summed E-state index contributed by atoms with van der Waals surface area (Å²) in [5.41, 5.74) is 1.79. The smallest absolute Gasteiger partial charge is 0.269 e. The van der Waals surface area contributed by atoms with Crippen molar-refractivity contribution in [2.24, 2.45) is 5.92 Å². The highest BCUT2D eigenvalue weighted by molar-refractivity contribution is 6.30. The first kappa shape index (κ1) is 17.4. The van der Waals surface area contributed by atoms with Crippen LogP contribution in [-0.2, 0) is 4.79 Å². The number of nitro benzene ring substituents is 1. The fourth-order valence-corrected chi connectivity index (χ4v) is 3.43. The van der Waals surface area contributed by atoms with Crippen LogP contribution in [0, 0.1) is 16.0 Å². The molecule has 0 spiro atoms. The van der Waals surface area contributed by atoms with E-state index in [1.165, 1.54) is 12.1 Å². The molecule has 6 heteroatoms. The molecule has 3 rings (SSSR count). The number of nitrogens with one attached hydrogen (secondary N) is 1. The van der Waals surface area contributed by atoms with Gasteiger partial charge in [0.05, 0.1) is 11.0 Å². The maximum Gasteiger partial charge on any atom is 0.269 e. The first-order valence-electron chi connectivity index (χ1n) is 8.34. The minimum Gasteiger partial charge on any atom is -0.377 e. The number of benzene rings is 2. The molecule has 1 N–H and O–H groups in total. The van der Waals surface area contributed by atoms with E-state index in [1.807, 2.05) is 24.3 Å². The summed E-state index contributed by atoms with van der Waals surface area (Å²) in [4.78, 5) is 22.8. The van der Waals surface area contributed by atoms with Crippen LogP contribution in [-0.4, -0.2) is 10.7 Å². The first-order chi connectivity index (χ1) is 12.0.